The Morgan fingerprint density at radius 1 is 1.07 bits per heavy atom. The Labute approximate surface area is 186 Å². The Morgan fingerprint density at radius 2 is 1.80 bits per heavy atom. The molecule has 2 aliphatic rings. The van der Waals surface area contributed by atoms with Gasteiger partial charge >= 0.3 is 0 Å². The average Bonchev–Trinajstić information content (AvgIpc) is 3.55. The normalized spacial score (nSPS) is 24.0. The molecule has 3 unspecified atom stereocenters. The van der Waals surface area contributed by atoms with Crippen LogP contribution in [0.2, 0.25) is 10.0 Å². The molecule has 1 aliphatic carbocycles. The van der Waals surface area contributed by atoms with E-state index in [1.807, 2.05) is 53.4 Å². The molecule has 3 N–H and O–H groups in total. The van der Waals surface area contributed by atoms with E-state index in [2.05, 4.69) is 5.43 Å². The summed E-state index contributed by atoms with van der Waals surface area (Å²) < 4.78 is 0. The number of hydrogen-bond acceptors (Lipinski definition) is 3. The van der Waals surface area contributed by atoms with Crippen LogP contribution in [0.4, 0.5) is 0 Å². The van der Waals surface area contributed by atoms with Gasteiger partial charge in [-0.05, 0) is 60.6 Å². The molecule has 0 bridgehead atoms. The number of likely N-dealkylation sites (tertiary alicyclic amines) is 1. The fourth-order valence-corrected chi connectivity index (χ4v) is 4.81. The van der Waals surface area contributed by atoms with Crippen molar-refractivity contribution < 1.29 is 9.59 Å². The number of nitrogens with one attached hydrogen (secondary N) is 1. The van der Waals surface area contributed by atoms with Crippen LogP contribution >= 0.6 is 23.2 Å². The van der Waals surface area contributed by atoms with Crippen molar-refractivity contribution in [2.45, 2.75) is 37.6 Å². The Bertz CT molecular complexity index is 930. The third kappa shape index (κ3) is 4.64. The fourth-order valence-electron chi connectivity index (χ4n) is 4.49. The van der Waals surface area contributed by atoms with Crippen molar-refractivity contribution in [2.75, 3.05) is 6.54 Å². The molecule has 1 heterocycles. The molecule has 7 heteroatoms. The van der Waals surface area contributed by atoms with Gasteiger partial charge in [0.25, 0.3) is 0 Å². The number of hydrazine groups is 1. The molecule has 30 heavy (non-hydrogen) atoms. The zero-order valence-electron chi connectivity index (χ0n) is 16.6. The van der Waals surface area contributed by atoms with Gasteiger partial charge in [0, 0.05) is 34.8 Å². The number of benzene rings is 2. The van der Waals surface area contributed by atoms with Crippen LogP contribution in [0.1, 0.15) is 48.8 Å². The number of rotatable bonds is 6. The number of nitrogens with zero attached hydrogens (tertiary/aromatic N) is 1. The second-order valence-corrected chi connectivity index (χ2v) is 9.17. The van der Waals surface area contributed by atoms with Crippen molar-refractivity contribution >= 4 is 35.0 Å². The van der Waals surface area contributed by atoms with Crippen LogP contribution in [0.15, 0.2) is 48.5 Å². The topological polar surface area (TPSA) is 75.4 Å². The van der Waals surface area contributed by atoms with Crippen LogP contribution in [-0.2, 0) is 9.59 Å². The predicted molar refractivity (Wildman–Crippen MR) is 118 cm³/mol. The van der Waals surface area contributed by atoms with E-state index < -0.39 is 5.92 Å². The number of carbonyl (C=O) groups is 2. The zero-order valence-corrected chi connectivity index (χ0v) is 18.1. The van der Waals surface area contributed by atoms with Gasteiger partial charge in [-0.2, -0.15) is 0 Å². The van der Waals surface area contributed by atoms with E-state index in [1.54, 1.807) is 0 Å². The third-order valence-corrected chi connectivity index (χ3v) is 6.61. The molecule has 2 aromatic carbocycles. The van der Waals surface area contributed by atoms with Crippen LogP contribution in [0.3, 0.4) is 0 Å². The summed E-state index contributed by atoms with van der Waals surface area (Å²) >= 11 is 12.4. The summed E-state index contributed by atoms with van der Waals surface area (Å²) in [5, 5.41) is 1.32. The summed E-state index contributed by atoms with van der Waals surface area (Å²) in [6.07, 6.45) is 2.90. The maximum Gasteiger partial charge on any atom is 0.234 e. The minimum absolute atomic E-state index is 0.0110. The van der Waals surface area contributed by atoms with Crippen LogP contribution in [0.25, 0.3) is 0 Å². The van der Waals surface area contributed by atoms with Gasteiger partial charge in [0.1, 0.15) is 0 Å². The molecule has 1 saturated heterocycles. The summed E-state index contributed by atoms with van der Waals surface area (Å²) in [5.41, 5.74) is 4.27. The maximum absolute atomic E-state index is 13.5. The predicted octanol–water partition coefficient (Wildman–Crippen LogP) is 4.46. The quantitative estimate of drug-likeness (QED) is 0.391. The number of amides is 2. The Balaban J connectivity index is 1.77. The van der Waals surface area contributed by atoms with Crippen molar-refractivity contribution in [3.8, 4) is 0 Å². The molecule has 2 aromatic rings. The van der Waals surface area contributed by atoms with Gasteiger partial charge in [-0.3, -0.25) is 15.0 Å². The van der Waals surface area contributed by atoms with Gasteiger partial charge in [-0.1, -0.05) is 47.5 Å². The third-order valence-electron chi connectivity index (χ3n) is 6.12. The van der Waals surface area contributed by atoms with Gasteiger partial charge in [-0.25, -0.2) is 5.84 Å². The second-order valence-electron chi connectivity index (χ2n) is 8.30. The average molecular weight is 446 g/mol. The van der Waals surface area contributed by atoms with Crippen molar-refractivity contribution in [3.05, 3.63) is 69.7 Å². The first-order valence-electron chi connectivity index (χ1n) is 10.3. The summed E-state index contributed by atoms with van der Waals surface area (Å²) in [5.74, 6) is 5.11. The van der Waals surface area contributed by atoms with Crippen molar-refractivity contribution in [1.82, 2.24) is 10.3 Å². The number of carbonyl (C=O) groups excluding carboxylic acids is 2. The molecule has 2 amide bonds. The smallest absolute Gasteiger partial charge is 0.234 e. The number of nitrogens with two attached hydrogens (primary N) is 1. The molecular formula is C23H25Cl2N3O2. The first-order valence-corrected chi connectivity index (χ1v) is 11.0. The van der Waals surface area contributed by atoms with Crippen molar-refractivity contribution in [2.24, 2.45) is 17.7 Å². The van der Waals surface area contributed by atoms with Crippen LogP contribution < -0.4 is 11.3 Å². The van der Waals surface area contributed by atoms with E-state index in [0.29, 0.717) is 28.9 Å². The standard InChI is InChI=1S/C23H25Cl2N3O2/c24-18-8-6-15(7-9-18)22-20(16-2-1-3-19(25)10-16)11-17(12-21(29)27-26)23(30)28(22)13-14-4-5-14/h1-3,6-10,14,17,20,22H,4-5,11-13,26H2,(H,27,29). The van der Waals surface area contributed by atoms with Crippen LogP contribution in [0, 0.1) is 11.8 Å². The van der Waals surface area contributed by atoms with E-state index in [-0.39, 0.29) is 30.2 Å². The minimum atomic E-state index is -0.417. The molecule has 0 aromatic heterocycles. The highest BCUT2D eigenvalue weighted by molar-refractivity contribution is 6.30. The molecule has 0 spiro atoms. The van der Waals surface area contributed by atoms with E-state index in [4.69, 9.17) is 29.0 Å². The number of piperidine rings is 1. The zero-order chi connectivity index (χ0) is 21.3. The Kier molecular flexibility index (Phi) is 6.32. The molecule has 1 saturated carbocycles. The van der Waals surface area contributed by atoms with Gasteiger partial charge in [0.15, 0.2) is 0 Å². The first kappa shape index (κ1) is 21.2. The highest BCUT2D eigenvalue weighted by Crippen LogP contribution is 2.48. The molecule has 5 nitrogen and oxygen atoms in total. The van der Waals surface area contributed by atoms with Crippen molar-refractivity contribution in [1.29, 1.82) is 0 Å². The summed E-state index contributed by atoms with van der Waals surface area (Å²) in [7, 11) is 0. The van der Waals surface area contributed by atoms with E-state index in [9.17, 15) is 9.59 Å². The lowest BCUT2D eigenvalue weighted by Gasteiger charge is -2.45. The highest BCUT2D eigenvalue weighted by atomic mass is 35.5. The first-order chi connectivity index (χ1) is 14.5. The van der Waals surface area contributed by atoms with Gasteiger partial charge in [0.2, 0.25) is 11.8 Å². The van der Waals surface area contributed by atoms with Gasteiger partial charge in [-0.15, -0.1) is 0 Å². The SMILES string of the molecule is NNC(=O)CC1CC(c2cccc(Cl)c2)C(c2ccc(Cl)cc2)N(CC2CC2)C1=O. The lowest BCUT2D eigenvalue weighted by Crippen LogP contribution is -2.49. The van der Waals surface area contributed by atoms with E-state index in [1.165, 1.54) is 0 Å². The van der Waals surface area contributed by atoms with E-state index in [0.717, 1.165) is 24.0 Å². The fraction of sp³-hybridized carbons (Fsp3) is 0.391. The molecular weight excluding hydrogens is 421 g/mol. The molecule has 158 valence electrons. The van der Waals surface area contributed by atoms with Gasteiger partial charge < -0.3 is 4.90 Å². The van der Waals surface area contributed by atoms with Crippen molar-refractivity contribution in [3.63, 3.8) is 0 Å². The molecule has 3 atom stereocenters. The largest absolute Gasteiger partial charge is 0.335 e. The van der Waals surface area contributed by atoms with Gasteiger partial charge in [0.05, 0.1) is 6.04 Å². The summed E-state index contributed by atoms with van der Waals surface area (Å²) in [6, 6.07) is 15.3. The van der Waals surface area contributed by atoms with Crippen LogP contribution in [0.5, 0.6) is 0 Å². The molecule has 2 fully saturated rings. The molecule has 4 rings (SSSR count). The summed E-state index contributed by atoms with van der Waals surface area (Å²) in [4.78, 5) is 27.5. The number of hydrogen-bond donors (Lipinski definition) is 2. The lowest BCUT2D eigenvalue weighted by atomic mass is 9.74. The highest BCUT2D eigenvalue weighted by Gasteiger charge is 2.45. The number of halogens is 2. The molecule has 0 radical (unpaired) electrons. The minimum Gasteiger partial charge on any atom is -0.335 e. The lowest BCUT2D eigenvalue weighted by molar-refractivity contribution is -0.146. The maximum atomic E-state index is 13.5. The summed E-state index contributed by atoms with van der Waals surface area (Å²) in [6.45, 7) is 0.698. The van der Waals surface area contributed by atoms with Crippen LogP contribution in [-0.4, -0.2) is 23.3 Å². The Hall–Kier alpha value is -2.08. The molecule has 1 aliphatic heterocycles. The Morgan fingerprint density at radius 3 is 2.43 bits per heavy atom. The van der Waals surface area contributed by atoms with E-state index >= 15 is 0 Å². The second kappa shape index (κ2) is 8.96. The monoisotopic (exact) mass is 445 g/mol.